The number of anilines is 1. The minimum Gasteiger partial charge on any atom is -0.382 e. The van der Waals surface area contributed by atoms with Gasteiger partial charge in [0, 0.05) is 24.5 Å². The van der Waals surface area contributed by atoms with Crippen LogP contribution in [-0.4, -0.2) is 23.5 Å². The van der Waals surface area contributed by atoms with Crippen LogP contribution in [0, 0.1) is 0 Å². The van der Waals surface area contributed by atoms with Crippen LogP contribution in [0.25, 0.3) is 0 Å². The average molecular weight is 341 g/mol. The van der Waals surface area contributed by atoms with E-state index in [4.69, 9.17) is 0 Å². The number of allylic oxidation sites excluding steroid dienone is 1. The Hall–Kier alpha value is -1.84. The predicted octanol–water partition coefficient (Wildman–Crippen LogP) is 4.84. The number of rotatable bonds is 6. The lowest BCUT2D eigenvalue weighted by molar-refractivity contribution is 0.0949. The van der Waals surface area contributed by atoms with Gasteiger partial charge in [0.2, 0.25) is 0 Å². The van der Waals surface area contributed by atoms with Crippen LogP contribution in [0.2, 0.25) is 0 Å². The van der Waals surface area contributed by atoms with Crippen LogP contribution in [0.3, 0.4) is 0 Å². The normalized spacial score (nSPS) is 19.0. The SMILES string of the molecule is O=C(NCCC1=CCCCC1)c1cc(NC2CCCCCC2)ccn1. The topological polar surface area (TPSA) is 54.0 Å². The van der Waals surface area contributed by atoms with Crippen LogP contribution in [-0.2, 0) is 0 Å². The molecule has 4 heteroatoms. The molecule has 1 amide bonds. The summed E-state index contributed by atoms with van der Waals surface area (Å²) in [7, 11) is 0. The molecule has 0 radical (unpaired) electrons. The smallest absolute Gasteiger partial charge is 0.269 e. The van der Waals surface area contributed by atoms with Gasteiger partial charge in [-0.05, 0) is 57.1 Å². The third kappa shape index (κ3) is 5.87. The van der Waals surface area contributed by atoms with Gasteiger partial charge in [0.05, 0.1) is 0 Å². The van der Waals surface area contributed by atoms with Crippen LogP contribution < -0.4 is 10.6 Å². The zero-order valence-corrected chi connectivity index (χ0v) is 15.2. The Balaban J connectivity index is 1.49. The van der Waals surface area contributed by atoms with E-state index in [1.807, 2.05) is 12.1 Å². The Kier molecular flexibility index (Phi) is 6.89. The first-order valence-corrected chi connectivity index (χ1v) is 10.00. The predicted molar refractivity (Wildman–Crippen MR) is 103 cm³/mol. The number of aromatic nitrogens is 1. The fourth-order valence-electron chi connectivity index (χ4n) is 3.86. The van der Waals surface area contributed by atoms with Gasteiger partial charge in [0.25, 0.3) is 5.91 Å². The second-order valence-electron chi connectivity index (χ2n) is 7.38. The van der Waals surface area contributed by atoms with E-state index in [1.54, 1.807) is 6.20 Å². The van der Waals surface area contributed by atoms with E-state index >= 15 is 0 Å². The van der Waals surface area contributed by atoms with E-state index < -0.39 is 0 Å². The third-order valence-corrected chi connectivity index (χ3v) is 5.34. The highest BCUT2D eigenvalue weighted by molar-refractivity contribution is 5.93. The van der Waals surface area contributed by atoms with E-state index in [2.05, 4.69) is 21.7 Å². The summed E-state index contributed by atoms with van der Waals surface area (Å²) in [6.07, 6.45) is 17.7. The highest BCUT2D eigenvalue weighted by Crippen LogP contribution is 2.21. The Morgan fingerprint density at radius 3 is 2.72 bits per heavy atom. The first kappa shape index (κ1) is 18.0. The van der Waals surface area contributed by atoms with Crippen molar-refractivity contribution in [3.63, 3.8) is 0 Å². The summed E-state index contributed by atoms with van der Waals surface area (Å²) >= 11 is 0. The highest BCUT2D eigenvalue weighted by Gasteiger charge is 2.13. The molecule has 1 saturated carbocycles. The molecule has 1 aromatic heterocycles. The van der Waals surface area contributed by atoms with E-state index in [0.717, 1.165) is 12.1 Å². The fourth-order valence-corrected chi connectivity index (χ4v) is 3.86. The van der Waals surface area contributed by atoms with Gasteiger partial charge in [0.1, 0.15) is 5.69 Å². The molecular formula is C21H31N3O. The summed E-state index contributed by atoms with van der Waals surface area (Å²) < 4.78 is 0. The van der Waals surface area contributed by atoms with Gasteiger partial charge in [-0.25, -0.2) is 0 Å². The summed E-state index contributed by atoms with van der Waals surface area (Å²) in [6, 6.07) is 4.38. The molecule has 0 spiro atoms. The molecular weight excluding hydrogens is 310 g/mol. The summed E-state index contributed by atoms with van der Waals surface area (Å²) in [5.41, 5.74) is 3.02. The van der Waals surface area contributed by atoms with Gasteiger partial charge in [-0.1, -0.05) is 37.3 Å². The van der Waals surface area contributed by atoms with Crippen molar-refractivity contribution >= 4 is 11.6 Å². The second kappa shape index (κ2) is 9.59. The number of carbonyl (C=O) groups is 1. The number of amides is 1. The maximum absolute atomic E-state index is 12.4. The van der Waals surface area contributed by atoms with Crippen molar-refractivity contribution in [3.8, 4) is 0 Å². The molecule has 0 aromatic carbocycles. The molecule has 2 aliphatic rings. The minimum absolute atomic E-state index is 0.0686. The van der Waals surface area contributed by atoms with Crippen molar-refractivity contribution < 1.29 is 4.79 Å². The number of hydrogen-bond acceptors (Lipinski definition) is 3. The summed E-state index contributed by atoms with van der Waals surface area (Å²) in [4.78, 5) is 16.6. The van der Waals surface area contributed by atoms with Gasteiger partial charge in [-0.3, -0.25) is 9.78 Å². The maximum Gasteiger partial charge on any atom is 0.269 e. The molecule has 1 aromatic rings. The summed E-state index contributed by atoms with van der Waals surface area (Å²) in [5.74, 6) is -0.0686. The Morgan fingerprint density at radius 2 is 1.96 bits per heavy atom. The molecule has 0 atom stereocenters. The maximum atomic E-state index is 12.4. The lowest BCUT2D eigenvalue weighted by Gasteiger charge is -2.18. The molecule has 0 bridgehead atoms. The van der Waals surface area contributed by atoms with Gasteiger partial charge in [-0.2, -0.15) is 0 Å². The summed E-state index contributed by atoms with van der Waals surface area (Å²) in [6.45, 7) is 0.701. The molecule has 3 rings (SSSR count). The molecule has 1 heterocycles. The van der Waals surface area contributed by atoms with E-state index in [9.17, 15) is 4.79 Å². The molecule has 0 unspecified atom stereocenters. The lowest BCUT2D eigenvalue weighted by Crippen LogP contribution is -2.26. The zero-order valence-electron chi connectivity index (χ0n) is 15.2. The third-order valence-electron chi connectivity index (χ3n) is 5.34. The molecule has 1 fully saturated rings. The summed E-state index contributed by atoms with van der Waals surface area (Å²) in [5, 5.41) is 6.61. The van der Waals surface area contributed by atoms with Gasteiger partial charge < -0.3 is 10.6 Å². The van der Waals surface area contributed by atoms with Crippen molar-refractivity contribution in [2.24, 2.45) is 0 Å². The largest absolute Gasteiger partial charge is 0.382 e. The van der Waals surface area contributed by atoms with E-state index in [0.29, 0.717) is 18.3 Å². The number of nitrogens with zero attached hydrogens (tertiary/aromatic N) is 1. The first-order chi connectivity index (χ1) is 12.3. The molecule has 0 aliphatic heterocycles. The van der Waals surface area contributed by atoms with Crippen molar-refractivity contribution in [1.29, 1.82) is 0 Å². The number of pyridine rings is 1. The monoisotopic (exact) mass is 341 g/mol. The molecule has 136 valence electrons. The van der Waals surface area contributed by atoms with E-state index in [1.165, 1.54) is 69.8 Å². The Morgan fingerprint density at radius 1 is 1.12 bits per heavy atom. The number of hydrogen-bond donors (Lipinski definition) is 2. The van der Waals surface area contributed by atoms with Crippen LogP contribution in [0.5, 0.6) is 0 Å². The molecule has 0 saturated heterocycles. The van der Waals surface area contributed by atoms with Gasteiger partial charge in [-0.15, -0.1) is 0 Å². The molecule has 4 nitrogen and oxygen atoms in total. The Bertz CT molecular complexity index is 589. The Labute approximate surface area is 151 Å². The van der Waals surface area contributed by atoms with Crippen molar-refractivity contribution in [2.75, 3.05) is 11.9 Å². The minimum atomic E-state index is -0.0686. The van der Waals surface area contributed by atoms with E-state index in [-0.39, 0.29) is 5.91 Å². The van der Waals surface area contributed by atoms with Gasteiger partial charge >= 0.3 is 0 Å². The van der Waals surface area contributed by atoms with Crippen LogP contribution in [0.4, 0.5) is 5.69 Å². The lowest BCUT2D eigenvalue weighted by atomic mass is 9.97. The highest BCUT2D eigenvalue weighted by atomic mass is 16.1. The van der Waals surface area contributed by atoms with Crippen LogP contribution in [0.15, 0.2) is 30.0 Å². The molecule has 2 aliphatic carbocycles. The average Bonchev–Trinajstić information content (AvgIpc) is 2.91. The number of carbonyl (C=O) groups excluding carboxylic acids is 1. The van der Waals surface area contributed by atoms with Crippen molar-refractivity contribution in [2.45, 2.75) is 76.7 Å². The van der Waals surface area contributed by atoms with Crippen LogP contribution >= 0.6 is 0 Å². The quantitative estimate of drug-likeness (QED) is 0.575. The molecule has 2 N–H and O–H groups in total. The van der Waals surface area contributed by atoms with Crippen molar-refractivity contribution in [3.05, 3.63) is 35.7 Å². The van der Waals surface area contributed by atoms with Crippen molar-refractivity contribution in [1.82, 2.24) is 10.3 Å². The second-order valence-corrected chi connectivity index (χ2v) is 7.38. The van der Waals surface area contributed by atoms with Gasteiger partial charge in [0.15, 0.2) is 0 Å². The van der Waals surface area contributed by atoms with Crippen LogP contribution in [0.1, 0.15) is 81.1 Å². The first-order valence-electron chi connectivity index (χ1n) is 10.00. The zero-order chi connectivity index (χ0) is 17.3. The number of nitrogens with one attached hydrogen (secondary N) is 2. The standard InChI is InChI=1S/C21H31N3O/c25-21(23-14-12-17-8-4-3-5-9-17)20-16-19(13-15-22-20)24-18-10-6-1-2-7-11-18/h8,13,15-16,18H,1-7,9-12,14H2,(H,22,24)(H,23,25). The molecule has 25 heavy (non-hydrogen) atoms. The fraction of sp³-hybridized carbons (Fsp3) is 0.619.